The second kappa shape index (κ2) is 13.1. The van der Waals surface area contributed by atoms with Crippen LogP contribution in [-0.4, -0.2) is 19.1 Å². The van der Waals surface area contributed by atoms with Gasteiger partial charge in [-0.05, 0) is 70.8 Å². The summed E-state index contributed by atoms with van der Waals surface area (Å²) in [5.41, 5.74) is 13.4. The molecule has 11 rings (SSSR count). The van der Waals surface area contributed by atoms with Gasteiger partial charge in [-0.3, -0.25) is 4.57 Å². The van der Waals surface area contributed by atoms with Gasteiger partial charge in [0, 0.05) is 44.4 Å². The summed E-state index contributed by atoms with van der Waals surface area (Å²) in [7, 11) is 0. The fraction of sp³-hybridized carbons (Fsp3) is 0. The van der Waals surface area contributed by atoms with Crippen molar-refractivity contribution >= 4 is 43.6 Å². The van der Waals surface area contributed by atoms with Crippen LogP contribution in [0.3, 0.4) is 0 Å². The van der Waals surface area contributed by atoms with Crippen LogP contribution < -0.4 is 0 Å². The number of hydrogen-bond donors (Lipinski definition) is 0. The second-order valence-electron chi connectivity index (χ2n) is 14.2. The number of nitrogens with zero attached hydrogens (tertiary/aromatic N) is 4. The van der Waals surface area contributed by atoms with E-state index in [9.17, 15) is 0 Å². The zero-order chi connectivity index (χ0) is 37.0. The Labute approximate surface area is 324 Å². The Morgan fingerprint density at radius 3 is 1.34 bits per heavy atom. The van der Waals surface area contributed by atoms with E-state index in [4.69, 9.17) is 9.97 Å². The highest BCUT2D eigenvalue weighted by molar-refractivity contribution is 6.12. The van der Waals surface area contributed by atoms with E-state index < -0.39 is 0 Å². The number of hydrogen-bond acceptors (Lipinski definition) is 2. The lowest BCUT2D eigenvalue weighted by atomic mass is 10.0. The summed E-state index contributed by atoms with van der Waals surface area (Å²) in [6.07, 6.45) is 0. The molecule has 0 saturated heterocycles. The van der Waals surface area contributed by atoms with Crippen molar-refractivity contribution in [3.63, 3.8) is 0 Å². The average Bonchev–Trinajstić information content (AvgIpc) is 3.79. The Kier molecular flexibility index (Phi) is 7.46. The maximum absolute atomic E-state index is 5.21. The van der Waals surface area contributed by atoms with Crippen LogP contribution in [0.2, 0.25) is 0 Å². The molecule has 4 heteroatoms. The maximum Gasteiger partial charge on any atom is 0.162 e. The molecule has 0 saturated carbocycles. The van der Waals surface area contributed by atoms with Gasteiger partial charge >= 0.3 is 0 Å². The van der Waals surface area contributed by atoms with Gasteiger partial charge in [0.1, 0.15) is 5.82 Å². The SMILES string of the molecule is c1ccc(-c2ccc(-n3c4ccccc4c4cc(-c5ccc6c(c5)c5ccccc5n6-c5cc(-c6ccccc6)nc(-c6ccccc6)n5)ccc43)cc2)cc1. The standard InChI is InChI=1S/C52H34N4/c1-4-14-35(15-5-1)36-24-28-41(29-25-36)55-47-22-12-10-20-42(47)44-32-39(26-30-49(44)55)40-27-31-50-45(33-40)43-21-11-13-23-48(43)56(50)51-34-46(37-16-6-2-7-17-37)53-52(54-51)38-18-8-3-9-19-38/h1-34H. The molecule has 0 N–H and O–H groups in total. The van der Waals surface area contributed by atoms with Crippen LogP contribution in [0.15, 0.2) is 206 Å². The van der Waals surface area contributed by atoms with Crippen LogP contribution >= 0.6 is 0 Å². The molecule has 262 valence electrons. The van der Waals surface area contributed by atoms with Gasteiger partial charge < -0.3 is 4.57 Å². The Balaban J connectivity index is 1.06. The molecule has 0 amide bonds. The summed E-state index contributed by atoms with van der Waals surface area (Å²) in [5, 5.41) is 4.83. The van der Waals surface area contributed by atoms with Crippen molar-refractivity contribution in [3.05, 3.63) is 206 Å². The van der Waals surface area contributed by atoms with E-state index in [0.29, 0.717) is 5.82 Å². The molecule has 0 aliphatic rings. The van der Waals surface area contributed by atoms with Crippen molar-refractivity contribution in [2.24, 2.45) is 0 Å². The Morgan fingerprint density at radius 1 is 0.286 bits per heavy atom. The fourth-order valence-electron chi connectivity index (χ4n) is 8.29. The number of rotatable bonds is 6. The molecule has 11 aromatic rings. The minimum absolute atomic E-state index is 0.698. The molecule has 0 unspecified atom stereocenters. The monoisotopic (exact) mass is 714 g/mol. The molecule has 0 aliphatic heterocycles. The average molecular weight is 715 g/mol. The third kappa shape index (κ3) is 5.31. The van der Waals surface area contributed by atoms with Gasteiger partial charge in [-0.25, -0.2) is 9.97 Å². The third-order valence-electron chi connectivity index (χ3n) is 11.0. The minimum Gasteiger partial charge on any atom is -0.309 e. The summed E-state index contributed by atoms with van der Waals surface area (Å²) >= 11 is 0. The van der Waals surface area contributed by atoms with Gasteiger partial charge in [-0.2, -0.15) is 0 Å². The van der Waals surface area contributed by atoms with Gasteiger partial charge in [0.15, 0.2) is 5.82 Å². The minimum atomic E-state index is 0.698. The number of benzene rings is 8. The van der Waals surface area contributed by atoms with E-state index in [1.807, 2.05) is 24.3 Å². The molecular weight excluding hydrogens is 681 g/mol. The summed E-state index contributed by atoms with van der Waals surface area (Å²) in [6, 6.07) is 73.3. The van der Waals surface area contributed by atoms with E-state index in [1.54, 1.807) is 0 Å². The first-order valence-corrected chi connectivity index (χ1v) is 19.0. The van der Waals surface area contributed by atoms with Crippen LogP contribution in [0.5, 0.6) is 0 Å². The van der Waals surface area contributed by atoms with Crippen molar-refractivity contribution in [2.75, 3.05) is 0 Å². The van der Waals surface area contributed by atoms with Crippen LogP contribution in [0, 0.1) is 0 Å². The zero-order valence-corrected chi connectivity index (χ0v) is 30.4. The Morgan fingerprint density at radius 2 is 0.732 bits per heavy atom. The molecule has 0 bridgehead atoms. The lowest BCUT2D eigenvalue weighted by molar-refractivity contribution is 1.05. The highest BCUT2D eigenvalue weighted by atomic mass is 15.1. The van der Waals surface area contributed by atoms with E-state index in [2.05, 4.69) is 191 Å². The maximum atomic E-state index is 5.21. The van der Waals surface area contributed by atoms with Gasteiger partial charge in [0.2, 0.25) is 0 Å². The van der Waals surface area contributed by atoms with Gasteiger partial charge in [-0.15, -0.1) is 0 Å². The normalized spacial score (nSPS) is 11.6. The number of aromatic nitrogens is 4. The Hall–Kier alpha value is -7.56. The lowest BCUT2D eigenvalue weighted by Crippen LogP contribution is -2.02. The van der Waals surface area contributed by atoms with Gasteiger partial charge in [-0.1, -0.05) is 152 Å². The molecule has 0 aliphatic carbocycles. The van der Waals surface area contributed by atoms with Crippen molar-refractivity contribution in [1.29, 1.82) is 0 Å². The van der Waals surface area contributed by atoms with E-state index in [0.717, 1.165) is 39.4 Å². The summed E-state index contributed by atoms with van der Waals surface area (Å²) < 4.78 is 4.67. The van der Waals surface area contributed by atoms with E-state index in [-0.39, 0.29) is 0 Å². The molecular formula is C52H34N4. The molecule has 3 aromatic heterocycles. The first-order valence-electron chi connectivity index (χ1n) is 19.0. The number of para-hydroxylation sites is 2. The van der Waals surface area contributed by atoms with Crippen molar-refractivity contribution in [2.45, 2.75) is 0 Å². The predicted molar refractivity (Wildman–Crippen MR) is 232 cm³/mol. The largest absolute Gasteiger partial charge is 0.309 e. The van der Waals surface area contributed by atoms with Crippen molar-refractivity contribution in [3.8, 4) is 56.4 Å². The molecule has 0 spiro atoms. The molecule has 0 fully saturated rings. The second-order valence-corrected chi connectivity index (χ2v) is 14.2. The summed E-state index contributed by atoms with van der Waals surface area (Å²) in [4.78, 5) is 10.3. The summed E-state index contributed by atoms with van der Waals surface area (Å²) in [6.45, 7) is 0. The van der Waals surface area contributed by atoms with Gasteiger partial charge in [0.05, 0.1) is 27.8 Å². The fourth-order valence-corrected chi connectivity index (χ4v) is 8.29. The summed E-state index contributed by atoms with van der Waals surface area (Å²) in [5.74, 6) is 1.53. The highest BCUT2D eigenvalue weighted by Crippen LogP contribution is 2.39. The first-order chi connectivity index (χ1) is 27.8. The topological polar surface area (TPSA) is 35.6 Å². The predicted octanol–water partition coefficient (Wildman–Crippen LogP) is 13.3. The molecule has 0 atom stereocenters. The quantitative estimate of drug-likeness (QED) is 0.172. The first kappa shape index (κ1) is 31.9. The van der Waals surface area contributed by atoms with E-state index in [1.165, 1.54) is 54.8 Å². The van der Waals surface area contributed by atoms with Crippen molar-refractivity contribution < 1.29 is 0 Å². The molecule has 8 aromatic carbocycles. The van der Waals surface area contributed by atoms with Gasteiger partial charge in [0.25, 0.3) is 0 Å². The molecule has 0 radical (unpaired) electrons. The highest BCUT2D eigenvalue weighted by Gasteiger charge is 2.18. The Bertz CT molecular complexity index is 3160. The zero-order valence-electron chi connectivity index (χ0n) is 30.4. The molecule has 3 heterocycles. The molecule has 56 heavy (non-hydrogen) atoms. The smallest absolute Gasteiger partial charge is 0.162 e. The lowest BCUT2D eigenvalue weighted by Gasteiger charge is -2.12. The van der Waals surface area contributed by atoms with E-state index >= 15 is 0 Å². The third-order valence-corrected chi connectivity index (χ3v) is 11.0. The number of fused-ring (bicyclic) bond motifs is 6. The molecule has 4 nitrogen and oxygen atoms in total. The van der Waals surface area contributed by atoms with Crippen molar-refractivity contribution in [1.82, 2.24) is 19.1 Å². The van der Waals surface area contributed by atoms with Crippen LogP contribution in [0.4, 0.5) is 0 Å². The van der Waals surface area contributed by atoms with Crippen LogP contribution in [-0.2, 0) is 0 Å². The van der Waals surface area contributed by atoms with Crippen LogP contribution in [0.1, 0.15) is 0 Å². The van der Waals surface area contributed by atoms with Crippen LogP contribution in [0.25, 0.3) is 100 Å².